The quantitative estimate of drug-likeness (QED) is 0.613. The van der Waals surface area contributed by atoms with E-state index < -0.39 is 17.2 Å². The molecule has 1 fully saturated rings. The number of carbonyl (C=O) groups excluding carboxylic acids is 2. The third kappa shape index (κ3) is 4.74. The van der Waals surface area contributed by atoms with E-state index in [0.717, 1.165) is 0 Å². The number of rotatable bonds is 7. The van der Waals surface area contributed by atoms with Gasteiger partial charge in [0.05, 0.1) is 17.7 Å². The van der Waals surface area contributed by atoms with Crippen LogP contribution in [0.5, 0.6) is 11.5 Å². The largest absolute Gasteiger partial charge is 0.493 e. The number of nitrogens with one attached hydrogen (secondary N) is 2. The molecule has 1 unspecified atom stereocenters. The number of primary amides is 1. The molecule has 4 N–H and O–H groups in total. The number of ether oxygens (including phenoxy) is 2. The maximum absolute atomic E-state index is 13.8. The van der Waals surface area contributed by atoms with Crippen LogP contribution in [0.4, 0.5) is 10.1 Å². The molecule has 0 bridgehead atoms. The topological polar surface area (TPSA) is 103 Å². The highest BCUT2D eigenvalue weighted by Gasteiger charge is 2.27. The first-order valence-corrected chi connectivity index (χ1v) is 9.13. The van der Waals surface area contributed by atoms with Gasteiger partial charge in [0, 0.05) is 0 Å². The number of benzene rings is 2. The van der Waals surface area contributed by atoms with Gasteiger partial charge in [-0.25, -0.2) is 4.39 Å². The predicted octanol–water partition coefficient (Wildman–Crippen LogP) is 2.30. The molecule has 0 aromatic heterocycles. The molecule has 1 saturated heterocycles. The van der Waals surface area contributed by atoms with Gasteiger partial charge in [-0.15, -0.1) is 0 Å². The summed E-state index contributed by atoms with van der Waals surface area (Å²) in [6, 6.07) is 11.3. The number of hydrogen-bond donors (Lipinski definition) is 3. The van der Waals surface area contributed by atoms with Crippen molar-refractivity contribution in [2.24, 2.45) is 5.73 Å². The number of hydrogen-bond acceptors (Lipinski definition) is 6. The van der Waals surface area contributed by atoms with Crippen LogP contribution in [0.2, 0.25) is 0 Å². The van der Waals surface area contributed by atoms with Gasteiger partial charge in [0.15, 0.2) is 23.6 Å². The van der Waals surface area contributed by atoms with Crippen molar-refractivity contribution in [1.29, 1.82) is 0 Å². The van der Waals surface area contributed by atoms with Crippen LogP contribution in [0.15, 0.2) is 47.4 Å². The summed E-state index contributed by atoms with van der Waals surface area (Å²) in [4.78, 5) is 23.5. The second-order valence-electron chi connectivity index (χ2n) is 5.77. The van der Waals surface area contributed by atoms with E-state index in [1.165, 1.54) is 24.9 Å². The van der Waals surface area contributed by atoms with Crippen LogP contribution in [-0.4, -0.2) is 31.0 Å². The van der Waals surface area contributed by atoms with Crippen molar-refractivity contribution < 1.29 is 23.5 Å². The standard InChI is InChI=1S/C19H18FN3O4S/c1-26-15-8-11(6-7-14(15)27-10-17(21)24)9-16-18(25)23-19(28-16)22-13-5-3-2-4-12(13)20/h2-9,19,22H,10H2,1H3,(H2,21,24)(H,23,25)/b16-9-. The Kier molecular flexibility index (Phi) is 6.05. The SMILES string of the molecule is COc1cc(/C=C2\SC(Nc3ccccc3F)NC2=O)ccc1OCC(N)=O. The summed E-state index contributed by atoms with van der Waals surface area (Å²) >= 11 is 1.24. The number of halogens is 1. The van der Waals surface area contributed by atoms with Crippen LogP contribution in [0.25, 0.3) is 6.08 Å². The second kappa shape index (κ2) is 8.66. The molecule has 1 atom stereocenters. The highest BCUT2D eigenvalue weighted by Crippen LogP contribution is 2.33. The molecule has 2 aromatic rings. The van der Waals surface area contributed by atoms with Gasteiger partial charge in [-0.3, -0.25) is 9.59 Å². The van der Waals surface area contributed by atoms with Crippen LogP contribution in [0, 0.1) is 5.82 Å². The summed E-state index contributed by atoms with van der Waals surface area (Å²) < 4.78 is 24.3. The molecule has 2 aromatic carbocycles. The molecular formula is C19H18FN3O4S. The van der Waals surface area contributed by atoms with Crippen LogP contribution < -0.4 is 25.8 Å². The highest BCUT2D eigenvalue weighted by molar-refractivity contribution is 8.05. The van der Waals surface area contributed by atoms with E-state index in [0.29, 0.717) is 27.7 Å². The van der Waals surface area contributed by atoms with Gasteiger partial charge in [0.25, 0.3) is 11.8 Å². The Bertz CT molecular complexity index is 935. The molecular weight excluding hydrogens is 385 g/mol. The van der Waals surface area contributed by atoms with Crippen molar-refractivity contribution in [3.05, 3.63) is 58.8 Å². The summed E-state index contributed by atoms with van der Waals surface area (Å²) in [5, 5.41) is 5.68. The van der Waals surface area contributed by atoms with Gasteiger partial charge in [0.2, 0.25) is 0 Å². The molecule has 1 aliphatic heterocycles. The molecule has 1 heterocycles. The first kappa shape index (κ1) is 19.6. The Labute approximate surface area is 165 Å². The molecule has 1 aliphatic rings. The number of nitrogens with two attached hydrogens (primary N) is 1. The number of para-hydroxylation sites is 1. The number of methoxy groups -OCH3 is 1. The van der Waals surface area contributed by atoms with Crippen LogP contribution in [0.3, 0.4) is 0 Å². The summed E-state index contributed by atoms with van der Waals surface area (Å²) in [5.41, 5.74) is 5.59. The van der Waals surface area contributed by atoms with Crippen LogP contribution in [0.1, 0.15) is 5.56 Å². The fourth-order valence-electron chi connectivity index (χ4n) is 2.48. The van der Waals surface area contributed by atoms with E-state index in [1.54, 1.807) is 42.5 Å². The molecule has 0 radical (unpaired) electrons. The zero-order valence-electron chi connectivity index (χ0n) is 14.9. The molecule has 146 valence electrons. The summed E-state index contributed by atoms with van der Waals surface area (Å²) in [6.07, 6.45) is 1.68. The number of thioether (sulfide) groups is 1. The Morgan fingerprint density at radius 3 is 2.82 bits per heavy atom. The van der Waals surface area contributed by atoms with Crippen molar-refractivity contribution in [1.82, 2.24) is 5.32 Å². The van der Waals surface area contributed by atoms with Crippen molar-refractivity contribution in [3.63, 3.8) is 0 Å². The van der Waals surface area contributed by atoms with Crippen molar-refractivity contribution >= 4 is 35.3 Å². The molecule has 2 amide bonds. The molecule has 28 heavy (non-hydrogen) atoms. The summed E-state index contributed by atoms with van der Waals surface area (Å²) in [7, 11) is 1.47. The van der Waals surface area contributed by atoms with Gasteiger partial charge >= 0.3 is 0 Å². The fourth-order valence-corrected chi connectivity index (χ4v) is 3.45. The van der Waals surface area contributed by atoms with E-state index in [-0.39, 0.29) is 12.5 Å². The van der Waals surface area contributed by atoms with Gasteiger partial charge in [-0.1, -0.05) is 30.0 Å². The van der Waals surface area contributed by atoms with E-state index >= 15 is 0 Å². The average molecular weight is 403 g/mol. The molecule has 3 rings (SSSR count). The molecule has 0 aliphatic carbocycles. The normalized spacial score (nSPS) is 17.3. The van der Waals surface area contributed by atoms with Crippen molar-refractivity contribution in [3.8, 4) is 11.5 Å². The van der Waals surface area contributed by atoms with E-state index in [1.807, 2.05) is 0 Å². The highest BCUT2D eigenvalue weighted by atomic mass is 32.2. The summed E-state index contributed by atoms with van der Waals surface area (Å²) in [5.74, 6) is -0.496. The van der Waals surface area contributed by atoms with Gasteiger partial charge in [-0.2, -0.15) is 0 Å². The monoisotopic (exact) mass is 403 g/mol. The maximum Gasteiger partial charge on any atom is 0.260 e. The van der Waals surface area contributed by atoms with E-state index in [9.17, 15) is 14.0 Å². The lowest BCUT2D eigenvalue weighted by atomic mass is 10.2. The zero-order chi connectivity index (χ0) is 20.1. The van der Waals surface area contributed by atoms with Gasteiger partial charge in [0.1, 0.15) is 5.82 Å². The van der Waals surface area contributed by atoms with Crippen LogP contribution >= 0.6 is 11.8 Å². The van der Waals surface area contributed by atoms with Gasteiger partial charge in [-0.05, 0) is 35.9 Å². The third-order valence-electron chi connectivity index (χ3n) is 3.75. The number of carbonyl (C=O) groups is 2. The first-order valence-electron chi connectivity index (χ1n) is 8.25. The van der Waals surface area contributed by atoms with Gasteiger partial charge < -0.3 is 25.8 Å². The third-order valence-corrected chi connectivity index (χ3v) is 4.78. The zero-order valence-corrected chi connectivity index (χ0v) is 15.7. The minimum atomic E-state index is -0.597. The molecule has 0 saturated carbocycles. The molecule has 7 nitrogen and oxygen atoms in total. The Morgan fingerprint density at radius 1 is 1.32 bits per heavy atom. The number of anilines is 1. The minimum Gasteiger partial charge on any atom is -0.493 e. The maximum atomic E-state index is 13.8. The lowest BCUT2D eigenvalue weighted by Crippen LogP contribution is -2.31. The molecule has 0 spiro atoms. The smallest absolute Gasteiger partial charge is 0.260 e. The lowest BCUT2D eigenvalue weighted by molar-refractivity contribution is -0.120. The predicted molar refractivity (Wildman–Crippen MR) is 105 cm³/mol. The molecule has 9 heteroatoms. The second-order valence-corrected chi connectivity index (χ2v) is 6.92. The Balaban J connectivity index is 1.73. The van der Waals surface area contributed by atoms with E-state index in [2.05, 4.69) is 10.6 Å². The lowest BCUT2D eigenvalue weighted by Gasteiger charge is -2.13. The fraction of sp³-hybridized carbons (Fsp3) is 0.158. The minimum absolute atomic E-state index is 0.265. The average Bonchev–Trinajstić information content (AvgIpc) is 3.01. The van der Waals surface area contributed by atoms with Crippen molar-refractivity contribution in [2.75, 3.05) is 19.0 Å². The van der Waals surface area contributed by atoms with E-state index in [4.69, 9.17) is 15.2 Å². The van der Waals surface area contributed by atoms with Crippen molar-refractivity contribution in [2.45, 2.75) is 5.50 Å². The van der Waals surface area contributed by atoms with Crippen LogP contribution in [-0.2, 0) is 9.59 Å². The Morgan fingerprint density at radius 2 is 2.11 bits per heavy atom. The summed E-state index contributed by atoms with van der Waals surface area (Å²) in [6.45, 7) is -0.265. The number of amides is 2. The Hall–Kier alpha value is -3.20. The first-order chi connectivity index (χ1) is 13.5.